The fraction of sp³-hybridized carbons (Fsp3) is 1.00. The summed E-state index contributed by atoms with van der Waals surface area (Å²) in [7, 11) is 13.2. The van der Waals surface area contributed by atoms with E-state index in [0.29, 0.717) is 0 Å². The zero-order valence-corrected chi connectivity index (χ0v) is 11.6. The molecule has 0 aromatic carbocycles. The van der Waals surface area contributed by atoms with Crippen molar-refractivity contribution in [1.29, 1.82) is 0 Å². The van der Waals surface area contributed by atoms with Crippen molar-refractivity contribution in [3.8, 4) is 0 Å². The molecule has 0 radical (unpaired) electrons. The van der Waals surface area contributed by atoms with Gasteiger partial charge in [-0.3, -0.25) is 0 Å². The first kappa shape index (κ1) is 12.4. The van der Waals surface area contributed by atoms with Gasteiger partial charge in [-0.05, 0) is 0 Å². The van der Waals surface area contributed by atoms with Crippen LogP contribution < -0.4 is 0 Å². The van der Waals surface area contributed by atoms with Gasteiger partial charge >= 0.3 is 80.0 Å². The second-order valence-corrected chi connectivity index (χ2v) is 14.2. The molecule has 0 aliphatic heterocycles. The van der Waals surface area contributed by atoms with Crippen LogP contribution in [0.5, 0.6) is 0 Å². The zero-order valence-electron chi connectivity index (χ0n) is 9.55. The van der Waals surface area contributed by atoms with E-state index in [9.17, 15) is 0 Å². The quantitative estimate of drug-likeness (QED) is 0.660. The van der Waals surface area contributed by atoms with E-state index in [0.717, 1.165) is 0 Å². The topological polar surface area (TPSA) is 9.72 Å². The van der Waals surface area contributed by atoms with Crippen LogP contribution in [0.2, 0.25) is 5.25 Å². The molecule has 3 nitrogen and oxygen atoms in total. The molecule has 0 N–H and O–H groups in total. The van der Waals surface area contributed by atoms with Crippen LogP contribution in [0, 0.1) is 0 Å². The first-order valence-corrected chi connectivity index (χ1v) is 8.71. The van der Waals surface area contributed by atoms with Crippen molar-refractivity contribution in [3.05, 3.63) is 0 Å². The molecule has 0 spiro atoms. The summed E-state index contributed by atoms with van der Waals surface area (Å²) in [5.41, 5.74) is 0. The Bertz CT molecular complexity index is 112. The Morgan fingerprint density at radius 3 is 1.00 bits per heavy atom. The Morgan fingerprint density at radius 2 is 1.00 bits per heavy atom. The third-order valence-corrected chi connectivity index (χ3v) is 13.6. The summed E-state index contributed by atoms with van der Waals surface area (Å²) < 4.78 is 7.29. The SMILES string of the molecule is C[CH2][Ge]([N](C)C)([N](C)C)[N](C)C. The van der Waals surface area contributed by atoms with Crippen LogP contribution >= 0.6 is 0 Å². The molecule has 0 unspecified atom stereocenters. The average Bonchev–Trinajstić information content (AvgIpc) is 1.86. The van der Waals surface area contributed by atoms with E-state index in [1.54, 1.807) is 0 Å². The van der Waals surface area contributed by atoms with Gasteiger partial charge in [0.05, 0.1) is 0 Å². The molecule has 0 atom stereocenters. The molecular formula is C8H23GeN3. The van der Waals surface area contributed by atoms with Crippen LogP contribution in [-0.4, -0.2) is 67.8 Å². The zero-order chi connectivity index (χ0) is 9.94. The van der Waals surface area contributed by atoms with Crippen molar-refractivity contribution >= 4 is 13.9 Å². The van der Waals surface area contributed by atoms with Crippen LogP contribution in [0.15, 0.2) is 0 Å². The van der Waals surface area contributed by atoms with E-state index in [4.69, 9.17) is 0 Å². The summed E-state index contributed by atoms with van der Waals surface area (Å²) in [6.45, 7) is 2.29. The number of nitrogens with zero attached hydrogens (tertiary/aromatic N) is 3. The van der Waals surface area contributed by atoms with Crippen LogP contribution in [0.25, 0.3) is 0 Å². The van der Waals surface area contributed by atoms with Gasteiger partial charge in [-0.1, -0.05) is 0 Å². The molecule has 0 rings (SSSR count). The summed E-state index contributed by atoms with van der Waals surface area (Å²) in [5, 5.41) is 1.27. The van der Waals surface area contributed by atoms with Crippen molar-refractivity contribution in [1.82, 2.24) is 11.6 Å². The van der Waals surface area contributed by atoms with E-state index < -0.39 is 13.9 Å². The fourth-order valence-electron chi connectivity index (χ4n) is 2.15. The molecule has 0 fully saturated rings. The predicted octanol–water partition coefficient (Wildman–Crippen LogP) is 0.630. The Hall–Kier alpha value is 0.423. The molecule has 0 aromatic heterocycles. The molecule has 0 saturated heterocycles. The van der Waals surface area contributed by atoms with Crippen LogP contribution in [0.4, 0.5) is 0 Å². The summed E-state index contributed by atoms with van der Waals surface area (Å²) in [4.78, 5) is 0. The molecule has 0 bridgehead atoms. The van der Waals surface area contributed by atoms with E-state index in [2.05, 4.69) is 60.8 Å². The van der Waals surface area contributed by atoms with Crippen molar-refractivity contribution in [2.24, 2.45) is 0 Å². The maximum absolute atomic E-state index is 2.43. The predicted molar refractivity (Wildman–Crippen MR) is 57.3 cm³/mol. The van der Waals surface area contributed by atoms with Gasteiger partial charge in [-0.2, -0.15) is 0 Å². The average molecular weight is 234 g/mol. The van der Waals surface area contributed by atoms with Crippen LogP contribution in [-0.2, 0) is 0 Å². The Balaban J connectivity index is 4.77. The minimum atomic E-state index is -2.04. The molecule has 74 valence electrons. The normalized spacial score (nSPS) is 13.5. The molecule has 0 saturated carbocycles. The fourth-order valence-corrected chi connectivity index (χ4v) is 11.2. The third kappa shape index (κ3) is 2.02. The van der Waals surface area contributed by atoms with Gasteiger partial charge in [0.2, 0.25) is 0 Å². The van der Waals surface area contributed by atoms with Crippen LogP contribution in [0.3, 0.4) is 0 Å². The number of rotatable bonds is 4. The molecular weight excluding hydrogens is 211 g/mol. The number of hydrogen-bond acceptors (Lipinski definition) is 3. The molecule has 12 heavy (non-hydrogen) atoms. The van der Waals surface area contributed by atoms with Gasteiger partial charge < -0.3 is 0 Å². The monoisotopic (exact) mass is 235 g/mol. The molecule has 0 aliphatic carbocycles. The van der Waals surface area contributed by atoms with Crippen molar-refractivity contribution in [3.63, 3.8) is 0 Å². The van der Waals surface area contributed by atoms with Crippen molar-refractivity contribution in [2.45, 2.75) is 12.2 Å². The Morgan fingerprint density at radius 1 is 0.750 bits per heavy atom. The molecule has 0 heterocycles. The standard InChI is InChI=1S/C8H23GeN3/c1-8-9(10(2)3,11(4)5)12(6)7/h8H2,1-7H3. The van der Waals surface area contributed by atoms with Gasteiger partial charge in [0.15, 0.2) is 0 Å². The van der Waals surface area contributed by atoms with Gasteiger partial charge in [-0.15, -0.1) is 0 Å². The molecule has 0 amide bonds. The molecule has 4 heteroatoms. The summed E-state index contributed by atoms with van der Waals surface area (Å²) in [6, 6.07) is 0. The van der Waals surface area contributed by atoms with Crippen molar-refractivity contribution in [2.75, 3.05) is 42.3 Å². The van der Waals surface area contributed by atoms with E-state index in [1.807, 2.05) is 0 Å². The number of hydrogen-bond donors (Lipinski definition) is 0. The third-order valence-electron chi connectivity index (χ3n) is 2.62. The molecule has 0 aliphatic rings. The Labute approximate surface area is 80.3 Å². The summed E-state index contributed by atoms with van der Waals surface area (Å²) in [5.74, 6) is 0. The first-order chi connectivity index (χ1) is 5.39. The van der Waals surface area contributed by atoms with E-state index >= 15 is 0 Å². The second-order valence-electron chi connectivity index (χ2n) is 3.81. The van der Waals surface area contributed by atoms with Crippen molar-refractivity contribution < 1.29 is 0 Å². The van der Waals surface area contributed by atoms with Crippen LogP contribution in [0.1, 0.15) is 6.92 Å². The van der Waals surface area contributed by atoms with Gasteiger partial charge in [0, 0.05) is 0 Å². The van der Waals surface area contributed by atoms with E-state index in [1.165, 1.54) is 5.25 Å². The maximum atomic E-state index is 2.43. The Kier molecular flexibility index (Phi) is 4.76. The molecule has 0 aromatic rings. The van der Waals surface area contributed by atoms with E-state index in [-0.39, 0.29) is 0 Å². The minimum absolute atomic E-state index is 1.27. The van der Waals surface area contributed by atoms with Gasteiger partial charge in [-0.25, -0.2) is 0 Å². The second kappa shape index (κ2) is 4.60. The summed E-state index contributed by atoms with van der Waals surface area (Å²) in [6.07, 6.45) is 0. The van der Waals surface area contributed by atoms with Gasteiger partial charge in [0.1, 0.15) is 0 Å². The van der Waals surface area contributed by atoms with Gasteiger partial charge in [0.25, 0.3) is 0 Å². The first-order valence-electron chi connectivity index (χ1n) is 4.41. The summed E-state index contributed by atoms with van der Waals surface area (Å²) >= 11 is -2.04.